The van der Waals surface area contributed by atoms with Gasteiger partial charge in [-0.05, 0) is 138 Å². The fraction of sp³-hybridized carbons (Fsp3) is 0.340. The Balaban J connectivity index is 0.000000303. The summed E-state index contributed by atoms with van der Waals surface area (Å²) in [6.45, 7) is 24.3. The van der Waals surface area contributed by atoms with Crippen LogP contribution in [0.3, 0.4) is 0 Å². The van der Waals surface area contributed by atoms with Gasteiger partial charge in [0.15, 0.2) is 0 Å². The van der Waals surface area contributed by atoms with E-state index < -0.39 is 39.1 Å². The number of nitrogen functional groups attached to an aromatic ring is 1. The van der Waals surface area contributed by atoms with Crippen LogP contribution in [-0.4, -0.2) is 173 Å². The van der Waals surface area contributed by atoms with Crippen LogP contribution in [0.4, 0.5) is 91.3 Å². The third-order valence-corrected chi connectivity index (χ3v) is 25.9. The van der Waals surface area contributed by atoms with Crippen molar-refractivity contribution in [2.45, 2.75) is 154 Å². The van der Waals surface area contributed by atoms with E-state index in [4.69, 9.17) is 59.0 Å². The number of halogens is 6. The van der Waals surface area contributed by atoms with Crippen molar-refractivity contribution in [3.8, 4) is 0 Å². The number of piperazine rings is 3. The summed E-state index contributed by atoms with van der Waals surface area (Å²) in [6, 6.07) is 63.0. The predicted octanol–water partition coefficient (Wildman–Crippen LogP) is 19.2. The molecule has 7 aliphatic heterocycles. The number of carbonyl (C=O) groups is 8. The van der Waals surface area contributed by atoms with E-state index >= 15 is 0 Å². The molecule has 3 fully saturated rings. The van der Waals surface area contributed by atoms with Crippen LogP contribution in [0.2, 0.25) is 0 Å². The zero-order chi connectivity index (χ0) is 105. The maximum absolute atomic E-state index is 12.5. The first kappa shape index (κ1) is 127. The van der Waals surface area contributed by atoms with Gasteiger partial charge in [0.2, 0.25) is 0 Å². The van der Waals surface area contributed by atoms with Crippen LogP contribution in [0.5, 0.6) is 0 Å². The molecule has 0 unspecified atom stereocenters. The number of hydrogen-bond donors (Lipinski definition) is 6. The average molecular weight is 2460 g/mol. The van der Waals surface area contributed by atoms with E-state index in [9.17, 15) is 63.9 Å². The number of nitrogens with two attached hydrogens (primary N) is 1. The SMILES string of the molecule is C.C.C.CC(=O)OCc1c(Br)cccc1[N+](=O)[O-].CC(=O)[O-].CC(C)(C)OC(=O)N1CCN(c2cccc3c2COC(=O)N3)CC1.CC(C)(C)OC(=O)N1CCN(c2cccc3c2COC(=O)N3Cc2ccccc2)CC1.Nc1cccc(Br)c1CO.O=C1Nc2cccc(Br)c2CO1.O=C1OCc2c(N3CCNCC3)cccc2N1Cc1ccccc1.O=[N+]([O-])c1cccc(Br)c1CBr.O=[N+]([O-])c1cccc(Br)c1CO.[K+]. The number of nitrogens with zero attached hydrogens (tertiary/aromatic N) is 10. The molecule has 6 amide bonds. The van der Waals surface area contributed by atoms with Crippen LogP contribution in [0, 0.1) is 30.3 Å². The number of aliphatic hydroxyl groups excluding tert-OH is 2. The van der Waals surface area contributed by atoms with Crippen molar-refractivity contribution < 1.29 is 153 Å². The number of carbonyl (C=O) groups excluding carboxylic acids is 8. The summed E-state index contributed by atoms with van der Waals surface area (Å²) in [5, 5.41) is 67.2. The van der Waals surface area contributed by atoms with E-state index in [1.807, 2.05) is 175 Å². The topological polar surface area (TPSA) is 479 Å². The number of rotatable bonds is 15. The maximum atomic E-state index is 12.5. The molecule has 38 nitrogen and oxygen atoms in total. The van der Waals surface area contributed by atoms with Gasteiger partial charge in [0.1, 0.15) is 44.2 Å². The first-order valence-corrected chi connectivity index (χ1v) is 49.9. The van der Waals surface area contributed by atoms with Crippen molar-refractivity contribution in [3.05, 3.63) is 315 Å². The second-order valence-electron chi connectivity index (χ2n) is 33.9. The van der Waals surface area contributed by atoms with Gasteiger partial charge in [-0.1, -0.05) is 227 Å². The summed E-state index contributed by atoms with van der Waals surface area (Å²) in [7, 11) is 0. The number of alkyl halides is 1. The molecule has 0 saturated carbocycles. The summed E-state index contributed by atoms with van der Waals surface area (Å²) < 4.78 is 40.2. The van der Waals surface area contributed by atoms with Gasteiger partial charge in [-0.15, -0.1) is 0 Å². The summed E-state index contributed by atoms with van der Waals surface area (Å²) in [5.41, 5.74) is 20.2. The van der Waals surface area contributed by atoms with E-state index in [2.05, 4.69) is 138 Å². The smallest absolute Gasteiger partial charge is 0.550 e. The zero-order valence-corrected chi connectivity index (χ0v) is 93.5. The number of aliphatic hydroxyl groups is 2. The Morgan fingerprint density at radius 1 is 0.419 bits per heavy atom. The third-order valence-electron chi connectivity index (χ3n) is 21.7. The van der Waals surface area contributed by atoms with E-state index in [-0.39, 0.29) is 159 Å². The molecule has 0 aliphatic carbocycles. The number of esters is 1. The van der Waals surface area contributed by atoms with E-state index in [0.29, 0.717) is 115 Å². The number of cyclic esters (lactones) is 4. The molecular formula is C103H121Br6KN14O24. The van der Waals surface area contributed by atoms with Gasteiger partial charge < -0.3 is 88.8 Å². The number of amides is 6. The summed E-state index contributed by atoms with van der Waals surface area (Å²) >= 11 is 19.4. The van der Waals surface area contributed by atoms with Crippen LogP contribution in [0.1, 0.15) is 133 Å². The number of benzene rings is 10. The Kier molecular flexibility index (Phi) is 53.4. The van der Waals surface area contributed by atoms with E-state index in [1.54, 1.807) is 62.1 Å². The molecule has 10 aromatic rings. The molecule has 3 saturated heterocycles. The van der Waals surface area contributed by atoms with Crippen molar-refractivity contribution >= 4 is 207 Å². The number of anilines is 8. The van der Waals surface area contributed by atoms with Crippen molar-refractivity contribution in [3.63, 3.8) is 0 Å². The summed E-state index contributed by atoms with van der Waals surface area (Å²) in [4.78, 5) is 135. The van der Waals surface area contributed by atoms with Gasteiger partial charge >= 0.3 is 93.9 Å². The minimum Gasteiger partial charge on any atom is -0.550 e. The first-order valence-electron chi connectivity index (χ1n) is 44.8. The number of nitro groups is 3. The molecule has 790 valence electrons. The molecule has 148 heavy (non-hydrogen) atoms. The van der Waals surface area contributed by atoms with Crippen molar-refractivity contribution in [2.24, 2.45) is 0 Å². The molecule has 0 bridgehead atoms. The van der Waals surface area contributed by atoms with Crippen LogP contribution in [0.25, 0.3) is 0 Å². The Labute approximate surface area is 953 Å². The monoisotopic (exact) mass is 2450 g/mol. The van der Waals surface area contributed by atoms with Crippen LogP contribution in [-0.2, 0) is 107 Å². The molecular weight excluding hydrogens is 2340 g/mol. The second kappa shape index (κ2) is 62.3. The van der Waals surface area contributed by atoms with Gasteiger partial charge in [0.05, 0.1) is 80.5 Å². The Bertz CT molecular complexity index is 6070. The average Bonchev–Trinajstić information content (AvgIpc) is 0.777. The maximum Gasteiger partial charge on any atom is 1.00 e. The molecule has 0 radical (unpaired) electrons. The van der Waals surface area contributed by atoms with Crippen molar-refractivity contribution in [2.75, 3.05) is 119 Å². The van der Waals surface area contributed by atoms with Gasteiger partial charge in [-0.2, -0.15) is 0 Å². The number of carboxylic acid groups (broad SMARTS) is 1. The van der Waals surface area contributed by atoms with Gasteiger partial charge in [0.25, 0.3) is 17.1 Å². The van der Waals surface area contributed by atoms with Crippen molar-refractivity contribution in [1.29, 1.82) is 0 Å². The minimum absolute atomic E-state index is 0. The standard InChI is InChI=1S/C24H29N3O4.C19H21N3O2.C17H23N3O4.C9H8BrNO4.C8H6BrNO2.C7H5Br2NO2.C7H6BrNO3.C7H8BrNO.C2H4O2.3CH4.K/c1-24(2,3)31-22(28)26-14-12-25(13-15-26)20-10-7-11-21-19(20)17-30-23(29)27(21)16-18-8-5-4-6-9-18;23-19-22(13-15-5-2-1-3-6-15)18-8-4-7-17(16(18)14-24-19)21-11-9-20-10-12-21;1-17(2,3)24-16(22)20-9-7-19(8-10-20)14-6-4-5-13-12(14)11-23-15(21)18-13;1-6(12)15-5-7-8(10)3-2-4-9(7)11(13)14;9-6-2-1-3-7-5(6)4-12-8(11)10-7;8-4-5-6(9)2-1-3-7(5)10(11)12;8-6-2-1-3-7(9(11)12)5(6)4-10;8-6-2-1-3-7(9)5(6)4-10;1-2(3)4;;;;/h4-11H,12-17H2,1-3H3;1-8,20H,9-14H2;4-6H,7-11H2,1-3H3,(H,18,21);2-4H,5H2,1H3;1-3H,4H2,(H,10,11);1-3H,4H2;1-3,10H,4H2;1-3,10H,4,9H2;1H3,(H,3,4);3*1H4;/q;;;;;;;;;;;;+1/p-1. The quantitative estimate of drug-likeness (QED) is 0.0106. The van der Waals surface area contributed by atoms with E-state index in [0.717, 1.165) is 120 Å². The normalized spacial score (nSPS) is 13.8. The van der Waals surface area contributed by atoms with Gasteiger partial charge in [-0.25, -0.2) is 28.8 Å². The number of nitrogens with one attached hydrogen (secondary N) is 3. The Morgan fingerprint density at radius 2 is 0.743 bits per heavy atom. The number of aliphatic carboxylic acids is 1. The van der Waals surface area contributed by atoms with Gasteiger partial charge in [0, 0.05) is 188 Å². The molecule has 45 heteroatoms. The molecule has 0 spiro atoms. The largest absolute Gasteiger partial charge is 1.00 e. The fourth-order valence-electron chi connectivity index (χ4n) is 14.8. The Hall–Kier alpha value is -11.4. The molecule has 0 atom stereocenters. The third kappa shape index (κ3) is 38.5. The molecule has 7 aliphatic rings. The number of hydrogen-bond acceptors (Lipinski definition) is 29. The predicted molar refractivity (Wildman–Crippen MR) is 584 cm³/mol. The molecule has 0 aromatic heterocycles. The van der Waals surface area contributed by atoms with Crippen molar-refractivity contribution in [1.82, 2.24) is 15.1 Å². The molecule has 10 aromatic carbocycles. The summed E-state index contributed by atoms with van der Waals surface area (Å²) in [6.07, 6.45) is -1.96. The fourth-order valence-corrected chi connectivity index (χ4v) is 18.2. The number of fused-ring (bicyclic) bond motifs is 4. The second-order valence-corrected chi connectivity index (χ2v) is 38.8. The van der Waals surface area contributed by atoms with Crippen LogP contribution in [0.15, 0.2) is 229 Å². The van der Waals surface area contributed by atoms with Gasteiger partial charge in [-0.3, -0.25) is 55.6 Å². The number of nitro benzene ring substituents is 3. The van der Waals surface area contributed by atoms with Crippen LogP contribution >= 0.6 is 95.6 Å². The molecule has 7 N–H and O–H groups in total. The zero-order valence-electron chi connectivity index (χ0n) is 80.9. The Morgan fingerprint density at radius 3 is 1.11 bits per heavy atom. The first-order chi connectivity index (χ1) is 68.6. The summed E-state index contributed by atoms with van der Waals surface area (Å²) in [5.74, 6) is -1.56. The molecule has 17 rings (SSSR count). The number of carboxylic acids is 1. The van der Waals surface area contributed by atoms with Crippen LogP contribution < -0.4 is 103 Å². The van der Waals surface area contributed by atoms with E-state index in [1.165, 1.54) is 30.8 Å². The number of ether oxygens (including phenoxy) is 7. The minimum atomic E-state index is -1.08. The molecule has 7 heterocycles.